The second-order valence-electron chi connectivity index (χ2n) is 3.67. The highest BCUT2D eigenvalue weighted by Gasteiger charge is 2.13. The van der Waals surface area contributed by atoms with Gasteiger partial charge in [0.25, 0.3) is 0 Å². The molecule has 2 aromatic heterocycles. The van der Waals surface area contributed by atoms with Gasteiger partial charge in [-0.05, 0) is 13.8 Å². The normalized spacial score (nSPS) is 10.3. The molecule has 2 aromatic rings. The standard InChI is InChI=1S/C11H12N4O2/c1-6-11(7(2)17-15-6)9-4-12-5-10(14-9)13-8(3)16/h4-5H,1-3H3,(H,13,14,16). The fourth-order valence-corrected chi connectivity index (χ4v) is 1.58. The molecule has 0 spiro atoms. The van der Waals surface area contributed by atoms with Crippen LogP contribution in [-0.4, -0.2) is 21.0 Å². The zero-order valence-corrected chi connectivity index (χ0v) is 9.81. The van der Waals surface area contributed by atoms with Gasteiger partial charge in [-0.25, -0.2) is 4.98 Å². The van der Waals surface area contributed by atoms with E-state index in [-0.39, 0.29) is 5.91 Å². The molecule has 0 fully saturated rings. The van der Waals surface area contributed by atoms with Gasteiger partial charge in [0.05, 0.1) is 29.3 Å². The first-order chi connectivity index (χ1) is 8.08. The highest BCUT2D eigenvalue weighted by Crippen LogP contribution is 2.25. The molecular weight excluding hydrogens is 220 g/mol. The van der Waals surface area contributed by atoms with Gasteiger partial charge in [0, 0.05) is 6.92 Å². The number of anilines is 1. The maximum absolute atomic E-state index is 10.9. The third-order valence-electron chi connectivity index (χ3n) is 2.23. The van der Waals surface area contributed by atoms with E-state index in [1.165, 1.54) is 13.1 Å². The van der Waals surface area contributed by atoms with Crippen LogP contribution in [0, 0.1) is 13.8 Å². The Bertz CT molecular complexity index is 543. The molecule has 0 aliphatic rings. The van der Waals surface area contributed by atoms with Crippen molar-refractivity contribution in [1.29, 1.82) is 0 Å². The van der Waals surface area contributed by atoms with Crippen molar-refractivity contribution >= 4 is 11.7 Å². The van der Waals surface area contributed by atoms with E-state index >= 15 is 0 Å². The van der Waals surface area contributed by atoms with Crippen LogP contribution in [0.25, 0.3) is 11.3 Å². The molecule has 0 aromatic carbocycles. The maximum Gasteiger partial charge on any atom is 0.222 e. The summed E-state index contributed by atoms with van der Waals surface area (Å²) in [5.41, 5.74) is 2.19. The number of hydrogen-bond donors (Lipinski definition) is 1. The van der Waals surface area contributed by atoms with Gasteiger partial charge < -0.3 is 9.84 Å². The molecule has 88 valence electrons. The molecule has 6 nitrogen and oxygen atoms in total. The van der Waals surface area contributed by atoms with Crippen LogP contribution in [0.5, 0.6) is 0 Å². The molecule has 0 aliphatic carbocycles. The van der Waals surface area contributed by atoms with Crippen LogP contribution in [0.1, 0.15) is 18.4 Å². The van der Waals surface area contributed by atoms with Crippen molar-refractivity contribution in [3.63, 3.8) is 0 Å². The number of nitrogens with one attached hydrogen (secondary N) is 1. The van der Waals surface area contributed by atoms with Crippen molar-refractivity contribution in [2.75, 3.05) is 5.32 Å². The topological polar surface area (TPSA) is 80.9 Å². The van der Waals surface area contributed by atoms with Crippen molar-refractivity contribution in [1.82, 2.24) is 15.1 Å². The van der Waals surface area contributed by atoms with Crippen molar-refractivity contribution in [2.24, 2.45) is 0 Å². The molecule has 2 rings (SSSR count). The average Bonchev–Trinajstić information content (AvgIpc) is 2.58. The molecule has 1 N–H and O–H groups in total. The lowest BCUT2D eigenvalue weighted by molar-refractivity contribution is -0.114. The molecule has 0 atom stereocenters. The third kappa shape index (κ3) is 2.30. The van der Waals surface area contributed by atoms with Crippen molar-refractivity contribution in [3.05, 3.63) is 23.8 Å². The first-order valence-electron chi connectivity index (χ1n) is 5.11. The summed E-state index contributed by atoms with van der Waals surface area (Å²) < 4.78 is 5.07. The highest BCUT2D eigenvalue weighted by molar-refractivity contribution is 5.87. The molecule has 0 bridgehead atoms. The quantitative estimate of drug-likeness (QED) is 0.852. The maximum atomic E-state index is 10.9. The predicted octanol–water partition coefficient (Wildman–Crippen LogP) is 1.71. The van der Waals surface area contributed by atoms with Crippen LogP contribution in [0.15, 0.2) is 16.9 Å². The molecule has 17 heavy (non-hydrogen) atoms. The molecule has 0 saturated carbocycles. The first-order valence-corrected chi connectivity index (χ1v) is 5.11. The van der Waals surface area contributed by atoms with E-state index in [9.17, 15) is 4.79 Å². The van der Waals surface area contributed by atoms with Crippen LogP contribution in [0.4, 0.5) is 5.82 Å². The summed E-state index contributed by atoms with van der Waals surface area (Å²) in [4.78, 5) is 19.2. The van der Waals surface area contributed by atoms with Crippen molar-refractivity contribution in [3.8, 4) is 11.3 Å². The SMILES string of the molecule is CC(=O)Nc1cncc(-c2c(C)noc2C)n1. The second kappa shape index (κ2) is 4.32. The molecule has 2 heterocycles. The Morgan fingerprint density at radius 2 is 2.12 bits per heavy atom. The van der Waals surface area contributed by atoms with E-state index in [1.807, 2.05) is 13.8 Å². The Kier molecular flexibility index (Phi) is 2.86. The fraction of sp³-hybridized carbons (Fsp3) is 0.273. The Balaban J connectivity index is 2.43. The summed E-state index contributed by atoms with van der Waals surface area (Å²) in [5, 5.41) is 6.44. The van der Waals surface area contributed by atoms with E-state index < -0.39 is 0 Å². The predicted molar refractivity (Wildman–Crippen MR) is 61.3 cm³/mol. The van der Waals surface area contributed by atoms with Gasteiger partial charge in [0.2, 0.25) is 5.91 Å². The van der Waals surface area contributed by atoms with Crippen LogP contribution in [0.3, 0.4) is 0 Å². The monoisotopic (exact) mass is 232 g/mol. The number of aromatic nitrogens is 3. The van der Waals surface area contributed by atoms with E-state index in [0.717, 1.165) is 11.3 Å². The van der Waals surface area contributed by atoms with Gasteiger partial charge in [-0.2, -0.15) is 0 Å². The fourth-order valence-electron chi connectivity index (χ4n) is 1.58. The van der Waals surface area contributed by atoms with Gasteiger partial charge in [-0.15, -0.1) is 0 Å². The van der Waals surface area contributed by atoms with Crippen molar-refractivity contribution < 1.29 is 9.32 Å². The molecule has 0 saturated heterocycles. The van der Waals surface area contributed by atoms with Gasteiger partial charge in [0.1, 0.15) is 5.76 Å². The van der Waals surface area contributed by atoms with E-state index in [2.05, 4.69) is 20.4 Å². The third-order valence-corrected chi connectivity index (χ3v) is 2.23. The minimum atomic E-state index is -0.185. The van der Waals surface area contributed by atoms with Gasteiger partial charge in [-0.3, -0.25) is 9.78 Å². The Morgan fingerprint density at radius 3 is 2.71 bits per heavy atom. The molecule has 1 amide bonds. The van der Waals surface area contributed by atoms with Gasteiger partial charge in [0.15, 0.2) is 5.82 Å². The minimum absolute atomic E-state index is 0.185. The van der Waals surface area contributed by atoms with E-state index in [1.54, 1.807) is 6.20 Å². The zero-order chi connectivity index (χ0) is 12.4. The largest absolute Gasteiger partial charge is 0.361 e. The Hall–Kier alpha value is -2.24. The highest BCUT2D eigenvalue weighted by atomic mass is 16.5. The number of nitrogens with zero attached hydrogens (tertiary/aromatic N) is 3. The molecule has 0 radical (unpaired) electrons. The van der Waals surface area contributed by atoms with Crippen LogP contribution < -0.4 is 5.32 Å². The first kappa shape index (κ1) is 11.3. The second-order valence-corrected chi connectivity index (χ2v) is 3.67. The average molecular weight is 232 g/mol. The summed E-state index contributed by atoms with van der Waals surface area (Å²) in [6.07, 6.45) is 3.10. The van der Waals surface area contributed by atoms with Crippen molar-refractivity contribution in [2.45, 2.75) is 20.8 Å². The summed E-state index contributed by atoms with van der Waals surface area (Å²) in [5.74, 6) is 0.905. The van der Waals surface area contributed by atoms with Crippen LogP contribution >= 0.6 is 0 Å². The van der Waals surface area contributed by atoms with Gasteiger partial charge >= 0.3 is 0 Å². The van der Waals surface area contributed by atoms with Gasteiger partial charge in [-0.1, -0.05) is 5.16 Å². The smallest absolute Gasteiger partial charge is 0.222 e. The molecule has 0 aliphatic heterocycles. The van der Waals surface area contributed by atoms with E-state index in [0.29, 0.717) is 17.3 Å². The summed E-state index contributed by atoms with van der Waals surface area (Å²) in [6.45, 7) is 5.06. The number of aryl methyl sites for hydroxylation is 2. The number of carbonyl (C=O) groups is 1. The zero-order valence-electron chi connectivity index (χ0n) is 9.81. The van der Waals surface area contributed by atoms with Crippen LogP contribution in [0.2, 0.25) is 0 Å². The lowest BCUT2D eigenvalue weighted by Crippen LogP contribution is -2.08. The number of carbonyl (C=O) groups excluding carboxylic acids is 1. The molecular formula is C11H12N4O2. The number of hydrogen-bond acceptors (Lipinski definition) is 5. The lowest BCUT2D eigenvalue weighted by Gasteiger charge is -2.03. The summed E-state index contributed by atoms with van der Waals surface area (Å²) >= 11 is 0. The summed E-state index contributed by atoms with van der Waals surface area (Å²) in [7, 11) is 0. The van der Waals surface area contributed by atoms with E-state index in [4.69, 9.17) is 4.52 Å². The number of rotatable bonds is 2. The number of amides is 1. The molecule has 6 heteroatoms. The van der Waals surface area contributed by atoms with Crippen LogP contribution in [-0.2, 0) is 4.79 Å². The Labute approximate surface area is 98.1 Å². The Morgan fingerprint density at radius 1 is 1.35 bits per heavy atom. The molecule has 0 unspecified atom stereocenters. The minimum Gasteiger partial charge on any atom is -0.361 e. The lowest BCUT2D eigenvalue weighted by atomic mass is 10.1. The summed E-state index contributed by atoms with van der Waals surface area (Å²) in [6, 6.07) is 0.